The van der Waals surface area contributed by atoms with E-state index in [1.54, 1.807) is 12.1 Å². The van der Waals surface area contributed by atoms with Crippen molar-refractivity contribution in [1.29, 1.82) is 0 Å². The number of benzene rings is 1. The lowest BCUT2D eigenvalue weighted by Gasteiger charge is -2.07. The largest absolute Gasteiger partial charge is 0.484 e. The molecule has 2 rings (SSSR count). The lowest BCUT2D eigenvalue weighted by atomic mass is 10.3. The summed E-state index contributed by atoms with van der Waals surface area (Å²) in [6.45, 7) is -0.168. The molecule has 0 heterocycles. The fraction of sp³-hybridized carbons (Fsp3) is 0.333. The van der Waals surface area contributed by atoms with Crippen LogP contribution in [0.5, 0.6) is 5.75 Å². The molecule has 6 heteroatoms. The number of amides is 3. The van der Waals surface area contributed by atoms with Crippen LogP contribution in [0.1, 0.15) is 12.8 Å². The van der Waals surface area contributed by atoms with Gasteiger partial charge in [-0.1, -0.05) is 0 Å². The molecule has 0 saturated heterocycles. The molecule has 1 aromatic rings. The minimum Gasteiger partial charge on any atom is -0.484 e. The smallest absolute Gasteiger partial charge is 0.321 e. The molecule has 0 aliphatic heterocycles. The topological polar surface area (TPSA) is 67.4 Å². The molecule has 18 heavy (non-hydrogen) atoms. The van der Waals surface area contributed by atoms with Crippen molar-refractivity contribution < 1.29 is 14.3 Å². The van der Waals surface area contributed by atoms with Gasteiger partial charge in [0, 0.05) is 9.61 Å². The Kier molecular flexibility index (Phi) is 4.40. The van der Waals surface area contributed by atoms with Crippen molar-refractivity contribution in [3.05, 3.63) is 27.8 Å². The minimum atomic E-state index is -0.452. The number of carbonyl (C=O) groups is 2. The van der Waals surface area contributed by atoms with Crippen molar-refractivity contribution in [2.24, 2.45) is 0 Å². The van der Waals surface area contributed by atoms with Crippen LogP contribution in [0.2, 0.25) is 0 Å². The number of rotatable bonds is 4. The molecule has 0 spiro atoms. The van der Waals surface area contributed by atoms with Gasteiger partial charge in [0.25, 0.3) is 5.91 Å². The number of hydrogen-bond acceptors (Lipinski definition) is 3. The Labute approximate surface area is 118 Å². The Hall–Kier alpha value is -1.31. The number of halogens is 1. The SMILES string of the molecule is O=C(COc1ccc(I)cc1)NC(=O)NC1CC1. The summed E-state index contributed by atoms with van der Waals surface area (Å²) < 4.78 is 6.34. The standard InChI is InChI=1S/C12H13IN2O3/c13-8-1-5-10(6-2-8)18-7-11(16)15-12(17)14-9-3-4-9/h1-2,5-6,9H,3-4,7H2,(H2,14,15,16,17). The fourth-order valence-corrected chi connectivity index (χ4v) is 1.65. The summed E-state index contributed by atoms with van der Waals surface area (Å²) in [5.74, 6) is 0.153. The van der Waals surface area contributed by atoms with E-state index in [1.165, 1.54) is 0 Å². The summed E-state index contributed by atoms with van der Waals surface area (Å²) in [6, 6.07) is 7.10. The van der Waals surface area contributed by atoms with E-state index in [-0.39, 0.29) is 12.6 Å². The molecule has 2 N–H and O–H groups in total. The Morgan fingerprint density at radius 2 is 1.94 bits per heavy atom. The highest BCUT2D eigenvalue weighted by Crippen LogP contribution is 2.18. The molecular formula is C12H13IN2O3. The average Bonchev–Trinajstić information content (AvgIpc) is 3.12. The van der Waals surface area contributed by atoms with E-state index in [9.17, 15) is 9.59 Å². The molecule has 1 aliphatic carbocycles. The molecule has 0 bridgehead atoms. The second-order valence-corrected chi connectivity index (χ2v) is 5.28. The summed E-state index contributed by atoms with van der Waals surface area (Å²) >= 11 is 2.18. The van der Waals surface area contributed by atoms with Crippen LogP contribution in [0.15, 0.2) is 24.3 Å². The van der Waals surface area contributed by atoms with Crippen molar-refractivity contribution in [3.8, 4) is 5.75 Å². The van der Waals surface area contributed by atoms with Crippen molar-refractivity contribution in [2.45, 2.75) is 18.9 Å². The molecule has 5 nitrogen and oxygen atoms in total. The van der Waals surface area contributed by atoms with Crippen LogP contribution >= 0.6 is 22.6 Å². The molecular weight excluding hydrogens is 347 g/mol. The molecule has 0 aromatic heterocycles. The third-order valence-corrected chi connectivity index (χ3v) is 3.07. The van der Waals surface area contributed by atoms with Gasteiger partial charge in [0.1, 0.15) is 5.75 Å². The molecule has 0 atom stereocenters. The molecule has 0 unspecified atom stereocenters. The Balaban J connectivity index is 1.70. The highest BCUT2D eigenvalue weighted by Gasteiger charge is 2.23. The maximum Gasteiger partial charge on any atom is 0.321 e. The predicted molar refractivity (Wildman–Crippen MR) is 74.4 cm³/mol. The molecule has 1 fully saturated rings. The summed E-state index contributed by atoms with van der Waals surface area (Å²) in [6.07, 6.45) is 1.97. The summed E-state index contributed by atoms with van der Waals surface area (Å²) in [4.78, 5) is 22.7. The van der Waals surface area contributed by atoms with Gasteiger partial charge in [-0.25, -0.2) is 4.79 Å². The summed E-state index contributed by atoms with van der Waals surface area (Å²) in [7, 11) is 0. The lowest BCUT2D eigenvalue weighted by Crippen LogP contribution is -2.42. The van der Waals surface area contributed by atoms with Crippen LogP contribution in [0.3, 0.4) is 0 Å². The van der Waals surface area contributed by atoms with Crippen LogP contribution in [-0.2, 0) is 4.79 Å². The van der Waals surface area contributed by atoms with Gasteiger partial charge < -0.3 is 10.1 Å². The monoisotopic (exact) mass is 360 g/mol. The van der Waals surface area contributed by atoms with E-state index < -0.39 is 11.9 Å². The lowest BCUT2D eigenvalue weighted by molar-refractivity contribution is -0.122. The average molecular weight is 360 g/mol. The van der Waals surface area contributed by atoms with Gasteiger partial charge in [0.15, 0.2) is 6.61 Å². The molecule has 0 radical (unpaired) electrons. The molecule has 96 valence electrons. The third kappa shape index (κ3) is 4.52. The molecule has 3 amide bonds. The zero-order chi connectivity index (χ0) is 13.0. The number of hydrogen-bond donors (Lipinski definition) is 2. The Morgan fingerprint density at radius 1 is 1.28 bits per heavy atom. The molecule has 1 aliphatic rings. The van der Waals surface area contributed by atoms with E-state index in [2.05, 4.69) is 33.2 Å². The second kappa shape index (κ2) is 6.03. The number of ether oxygens (including phenoxy) is 1. The fourth-order valence-electron chi connectivity index (χ4n) is 1.29. The van der Waals surface area contributed by atoms with Crippen LogP contribution in [0, 0.1) is 3.57 Å². The van der Waals surface area contributed by atoms with Gasteiger partial charge in [0.2, 0.25) is 0 Å². The number of carbonyl (C=O) groups excluding carboxylic acids is 2. The number of nitrogens with one attached hydrogen (secondary N) is 2. The van der Waals surface area contributed by atoms with E-state index in [0.717, 1.165) is 16.4 Å². The first kappa shape index (κ1) is 13.1. The first-order valence-electron chi connectivity index (χ1n) is 5.62. The van der Waals surface area contributed by atoms with Crippen molar-refractivity contribution in [2.75, 3.05) is 6.61 Å². The van der Waals surface area contributed by atoms with Gasteiger partial charge in [-0.2, -0.15) is 0 Å². The first-order valence-corrected chi connectivity index (χ1v) is 6.70. The van der Waals surface area contributed by atoms with Crippen molar-refractivity contribution >= 4 is 34.5 Å². The summed E-state index contributed by atoms with van der Waals surface area (Å²) in [5, 5.41) is 4.88. The number of urea groups is 1. The minimum absolute atomic E-state index is 0.168. The van der Waals surface area contributed by atoms with Gasteiger partial charge in [-0.3, -0.25) is 10.1 Å². The second-order valence-electron chi connectivity index (χ2n) is 4.04. The Morgan fingerprint density at radius 3 is 2.56 bits per heavy atom. The van der Waals surface area contributed by atoms with Crippen LogP contribution in [-0.4, -0.2) is 24.6 Å². The molecule has 1 saturated carbocycles. The molecule has 1 aromatic carbocycles. The van der Waals surface area contributed by atoms with Gasteiger partial charge in [-0.05, 0) is 59.7 Å². The van der Waals surface area contributed by atoms with Crippen LogP contribution in [0.25, 0.3) is 0 Å². The normalized spacial score (nSPS) is 13.8. The maximum atomic E-state index is 11.4. The zero-order valence-electron chi connectivity index (χ0n) is 9.61. The van der Waals surface area contributed by atoms with Gasteiger partial charge in [0.05, 0.1) is 0 Å². The maximum absolute atomic E-state index is 11.4. The van der Waals surface area contributed by atoms with Crippen LogP contribution in [0.4, 0.5) is 4.79 Å². The third-order valence-electron chi connectivity index (χ3n) is 2.35. The highest BCUT2D eigenvalue weighted by molar-refractivity contribution is 14.1. The van der Waals surface area contributed by atoms with Gasteiger partial charge >= 0.3 is 6.03 Å². The summed E-state index contributed by atoms with van der Waals surface area (Å²) in [5.41, 5.74) is 0. The van der Waals surface area contributed by atoms with E-state index >= 15 is 0 Å². The quantitative estimate of drug-likeness (QED) is 0.803. The number of imide groups is 1. The zero-order valence-corrected chi connectivity index (χ0v) is 11.8. The van der Waals surface area contributed by atoms with E-state index in [1.807, 2.05) is 12.1 Å². The van der Waals surface area contributed by atoms with Crippen molar-refractivity contribution in [1.82, 2.24) is 10.6 Å². The van der Waals surface area contributed by atoms with E-state index in [4.69, 9.17) is 4.74 Å². The van der Waals surface area contributed by atoms with Crippen molar-refractivity contribution in [3.63, 3.8) is 0 Å². The van der Waals surface area contributed by atoms with Crippen LogP contribution < -0.4 is 15.4 Å². The first-order chi connectivity index (χ1) is 8.63. The highest BCUT2D eigenvalue weighted by atomic mass is 127. The van der Waals surface area contributed by atoms with Gasteiger partial charge in [-0.15, -0.1) is 0 Å². The predicted octanol–water partition coefficient (Wildman–Crippen LogP) is 1.66. The Bertz CT molecular complexity index is 443. The van der Waals surface area contributed by atoms with E-state index in [0.29, 0.717) is 5.75 Å².